The molecule has 0 spiro atoms. The van der Waals surface area contributed by atoms with Crippen LogP contribution in [0.25, 0.3) is 0 Å². The van der Waals surface area contributed by atoms with Crippen LogP contribution in [-0.2, 0) is 9.53 Å². The van der Waals surface area contributed by atoms with Crippen LogP contribution in [0.3, 0.4) is 0 Å². The van der Waals surface area contributed by atoms with E-state index in [0.717, 1.165) is 19.3 Å². The van der Waals surface area contributed by atoms with Crippen LogP contribution in [0.15, 0.2) is 0 Å². The number of rotatable bonds is 5. The highest BCUT2D eigenvalue weighted by molar-refractivity contribution is 5.69. The summed E-state index contributed by atoms with van der Waals surface area (Å²) in [6.45, 7) is 2.83. The zero-order valence-corrected chi connectivity index (χ0v) is 8.66. The molecule has 1 saturated carbocycles. The molecule has 0 saturated heterocycles. The van der Waals surface area contributed by atoms with Gasteiger partial charge >= 0.3 is 5.97 Å². The summed E-state index contributed by atoms with van der Waals surface area (Å²) < 4.78 is 4.79. The van der Waals surface area contributed by atoms with Crippen molar-refractivity contribution in [3.63, 3.8) is 0 Å². The summed E-state index contributed by atoms with van der Waals surface area (Å²) in [6.07, 6.45) is 3.09. The van der Waals surface area contributed by atoms with Crippen LogP contribution in [0.1, 0.15) is 32.6 Å². The third-order valence-electron chi connectivity index (χ3n) is 2.52. The summed E-state index contributed by atoms with van der Waals surface area (Å²) in [5.41, 5.74) is 0. The van der Waals surface area contributed by atoms with Gasteiger partial charge in [0.2, 0.25) is 0 Å². The van der Waals surface area contributed by atoms with Crippen molar-refractivity contribution < 1.29 is 14.6 Å². The van der Waals surface area contributed by atoms with Crippen LogP contribution in [0.2, 0.25) is 0 Å². The molecule has 1 aliphatic rings. The van der Waals surface area contributed by atoms with Crippen LogP contribution in [0.4, 0.5) is 0 Å². The molecule has 0 heterocycles. The van der Waals surface area contributed by atoms with Crippen LogP contribution >= 0.6 is 0 Å². The van der Waals surface area contributed by atoms with Gasteiger partial charge in [0.15, 0.2) is 0 Å². The molecule has 2 N–H and O–H groups in total. The first kappa shape index (κ1) is 11.5. The topological polar surface area (TPSA) is 58.6 Å². The maximum atomic E-state index is 11.0. The average molecular weight is 201 g/mol. The minimum Gasteiger partial charge on any atom is -0.466 e. The maximum absolute atomic E-state index is 11.0. The molecule has 0 aromatic heterocycles. The minimum atomic E-state index is -0.239. The molecule has 1 rings (SSSR count). The van der Waals surface area contributed by atoms with E-state index in [1.807, 2.05) is 0 Å². The number of aliphatic hydroxyl groups is 1. The van der Waals surface area contributed by atoms with Gasteiger partial charge in [-0.3, -0.25) is 4.79 Å². The lowest BCUT2D eigenvalue weighted by atomic mass is 10.2. The molecule has 0 aromatic carbocycles. The Kier molecular flexibility index (Phi) is 4.90. The molecule has 4 nitrogen and oxygen atoms in total. The number of hydrogen-bond acceptors (Lipinski definition) is 4. The first-order chi connectivity index (χ1) is 6.74. The van der Waals surface area contributed by atoms with Gasteiger partial charge in [-0.15, -0.1) is 0 Å². The quantitative estimate of drug-likeness (QED) is 0.634. The lowest BCUT2D eigenvalue weighted by Crippen LogP contribution is -2.36. The smallest absolute Gasteiger partial charge is 0.307 e. The summed E-state index contributed by atoms with van der Waals surface area (Å²) in [7, 11) is 0. The second kappa shape index (κ2) is 5.98. The van der Waals surface area contributed by atoms with E-state index < -0.39 is 0 Å². The molecule has 2 unspecified atom stereocenters. The standard InChI is InChI=1S/C10H19NO3/c1-2-14-10(13)6-7-11-8-4-3-5-9(8)12/h8-9,11-12H,2-7H2,1H3. The largest absolute Gasteiger partial charge is 0.466 e. The Hall–Kier alpha value is -0.610. The first-order valence-electron chi connectivity index (χ1n) is 5.31. The van der Waals surface area contributed by atoms with E-state index >= 15 is 0 Å². The molecule has 1 aliphatic carbocycles. The normalized spacial score (nSPS) is 26.4. The molecule has 0 radical (unpaired) electrons. The molecule has 82 valence electrons. The average Bonchev–Trinajstić information content (AvgIpc) is 2.52. The third-order valence-corrected chi connectivity index (χ3v) is 2.52. The van der Waals surface area contributed by atoms with Crippen molar-refractivity contribution in [1.82, 2.24) is 5.32 Å². The Bertz CT molecular complexity index is 184. The second-order valence-electron chi connectivity index (χ2n) is 3.61. The van der Waals surface area contributed by atoms with E-state index in [2.05, 4.69) is 5.32 Å². The van der Waals surface area contributed by atoms with Crippen LogP contribution in [0, 0.1) is 0 Å². The molecule has 14 heavy (non-hydrogen) atoms. The first-order valence-corrected chi connectivity index (χ1v) is 5.31. The number of carbonyl (C=O) groups is 1. The number of aliphatic hydroxyl groups excluding tert-OH is 1. The maximum Gasteiger partial charge on any atom is 0.307 e. The predicted molar refractivity (Wildman–Crippen MR) is 52.9 cm³/mol. The fourth-order valence-electron chi connectivity index (χ4n) is 1.77. The van der Waals surface area contributed by atoms with Gasteiger partial charge in [0, 0.05) is 12.6 Å². The summed E-state index contributed by atoms with van der Waals surface area (Å²) in [6, 6.07) is 0.171. The fourth-order valence-corrected chi connectivity index (χ4v) is 1.77. The predicted octanol–water partition coefficient (Wildman–Crippen LogP) is 0.443. The fraction of sp³-hybridized carbons (Fsp3) is 0.900. The number of nitrogens with one attached hydrogen (secondary N) is 1. The van der Waals surface area contributed by atoms with Crippen molar-refractivity contribution in [2.45, 2.75) is 44.8 Å². The molecule has 0 aliphatic heterocycles. The van der Waals surface area contributed by atoms with Crippen molar-refractivity contribution in [2.75, 3.05) is 13.2 Å². The van der Waals surface area contributed by atoms with Gasteiger partial charge in [-0.1, -0.05) is 0 Å². The van der Waals surface area contributed by atoms with Gasteiger partial charge in [0.1, 0.15) is 0 Å². The molecule has 4 heteroatoms. The SMILES string of the molecule is CCOC(=O)CCNC1CCCC1O. The Morgan fingerprint density at radius 1 is 1.57 bits per heavy atom. The van der Waals surface area contributed by atoms with E-state index in [4.69, 9.17) is 4.74 Å². The highest BCUT2D eigenvalue weighted by Gasteiger charge is 2.24. The van der Waals surface area contributed by atoms with Gasteiger partial charge in [-0.2, -0.15) is 0 Å². The van der Waals surface area contributed by atoms with Gasteiger partial charge in [-0.05, 0) is 26.2 Å². The number of ether oxygens (including phenoxy) is 1. The summed E-state index contributed by atoms with van der Waals surface area (Å²) in [4.78, 5) is 11.0. The summed E-state index contributed by atoms with van der Waals surface area (Å²) in [5, 5.41) is 12.6. The van der Waals surface area contributed by atoms with Crippen molar-refractivity contribution in [2.24, 2.45) is 0 Å². The minimum absolute atomic E-state index is 0.171. The monoisotopic (exact) mass is 201 g/mol. The van der Waals surface area contributed by atoms with E-state index in [1.54, 1.807) is 6.92 Å². The van der Waals surface area contributed by atoms with Gasteiger partial charge in [0.25, 0.3) is 0 Å². The van der Waals surface area contributed by atoms with Crippen LogP contribution in [-0.4, -0.2) is 36.4 Å². The lowest BCUT2D eigenvalue weighted by Gasteiger charge is -2.15. The highest BCUT2D eigenvalue weighted by atomic mass is 16.5. The van der Waals surface area contributed by atoms with Crippen LogP contribution in [0.5, 0.6) is 0 Å². The lowest BCUT2D eigenvalue weighted by molar-refractivity contribution is -0.143. The number of esters is 1. The number of hydrogen-bond donors (Lipinski definition) is 2. The van der Waals surface area contributed by atoms with Gasteiger partial charge in [0.05, 0.1) is 19.1 Å². The second-order valence-corrected chi connectivity index (χ2v) is 3.61. The zero-order chi connectivity index (χ0) is 10.4. The van der Waals surface area contributed by atoms with Crippen molar-refractivity contribution in [3.8, 4) is 0 Å². The molecule has 2 atom stereocenters. The van der Waals surface area contributed by atoms with E-state index in [-0.39, 0.29) is 18.1 Å². The van der Waals surface area contributed by atoms with Crippen molar-refractivity contribution >= 4 is 5.97 Å². The van der Waals surface area contributed by atoms with Gasteiger partial charge < -0.3 is 15.2 Å². The van der Waals surface area contributed by atoms with Gasteiger partial charge in [-0.25, -0.2) is 0 Å². The van der Waals surface area contributed by atoms with Crippen molar-refractivity contribution in [3.05, 3.63) is 0 Å². The zero-order valence-electron chi connectivity index (χ0n) is 8.66. The Morgan fingerprint density at radius 3 is 2.93 bits per heavy atom. The van der Waals surface area contributed by atoms with E-state index in [1.165, 1.54) is 0 Å². The molecular weight excluding hydrogens is 182 g/mol. The third kappa shape index (κ3) is 3.64. The van der Waals surface area contributed by atoms with E-state index in [0.29, 0.717) is 19.6 Å². The molecule has 1 fully saturated rings. The van der Waals surface area contributed by atoms with Crippen LogP contribution < -0.4 is 5.32 Å². The van der Waals surface area contributed by atoms with Crippen molar-refractivity contribution in [1.29, 1.82) is 0 Å². The Morgan fingerprint density at radius 2 is 2.36 bits per heavy atom. The summed E-state index contributed by atoms with van der Waals surface area (Å²) in [5.74, 6) is -0.174. The van der Waals surface area contributed by atoms with E-state index in [9.17, 15) is 9.90 Å². The number of carbonyl (C=O) groups excluding carboxylic acids is 1. The molecular formula is C10H19NO3. The Balaban J connectivity index is 2.06. The Labute approximate surface area is 84.6 Å². The summed E-state index contributed by atoms with van der Waals surface area (Å²) >= 11 is 0. The molecule has 0 amide bonds. The molecule has 0 aromatic rings. The molecule has 0 bridgehead atoms. The highest BCUT2D eigenvalue weighted by Crippen LogP contribution is 2.18.